The molecule has 0 saturated heterocycles. The monoisotopic (exact) mass is 304 g/mol. The number of benzene rings is 1. The molecule has 0 amide bonds. The molecule has 112 valence electrons. The van der Waals surface area contributed by atoms with Crippen molar-refractivity contribution < 1.29 is 22.8 Å². The fourth-order valence-electron chi connectivity index (χ4n) is 1.28. The standard InChI is InChI=1S/C11H16N2O6S/c1-2-18-7-8-19-9-12-20(16,17)11-5-3-10(4-6-11)13(14)15/h3-6,12H,2,7-9H2,1H3. The maximum absolute atomic E-state index is 11.8. The Balaban J connectivity index is 2.49. The lowest BCUT2D eigenvalue weighted by Gasteiger charge is -2.07. The van der Waals surface area contributed by atoms with Gasteiger partial charge in [-0.1, -0.05) is 0 Å². The van der Waals surface area contributed by atoms with Gasteiger partial charge in [0.25, 0.3) is 5.69 Å². The van der Waals surface area contributed by atoms with Crippen molar-refractivity contribution in [1.82, 2.24) is 4.72 Å². The molecule has 0 aliphatic carbocycles. The van der Waals surface area contributed by atoms with Crippen LogP contribution in [0.4, 0.5) is 5.69 Å². The lowest BCUT2D eigenvalue weighted by molar-refractivity contribution is -0.384. The second-order valence-electron chi connectivity index (χ2n) is 3.65. The SMILES string of the molecule is CCOCCOCNS(=O)(=O)c1ccc([N+](=O)[O-])cc1. The van der Waals surface area contributed by atoms with Crippen molar-refractivity contribution >= 4 is 15.7 Å². The molecular weight excluding hydrogens is 288 g/mol. The minimum Gasteiger partial charge on any atom is -0.379 e. The number of nitro groups is 1. The molecule has 1 rings (SSSR count). The van der Waals surface area contributed by atoms with Gasteiger partial charge >= 0.3 is 0 Å². The van der Waals surface area contributed by atoms with Crippen LogP contribution in [-0.4, -0.2) is 39.9 Å². The summed E-state index contributed by atoms with van der Waals surface area (Å²) in [4.78, 5) is 9.81. The van der Waals surface area contributed by atoms with E-state index in [9.17, 15) is 18.5 Å². The summed E-state index contributed by atoms with van der Waals surface area (Å²) in [7, 11) is -3.73. The molecular formula is C11H16N2O6S. The Labute approximate surface area is 116 Å². The molecule has 8 nitrogen and oxygen atoms in total. The summed E-state index contributed by atoms with van der Waals surface area (Å²) in [5.74, 6) is 0. The Kier molecular flexibility index (Phi) is 6.52. The molecule has 0 aliphatic heterocycles. The molecule has 0 heterocycles. The van der Waals surface area contributed by atoms with E-state index in [0.717, 1.165) is 12.1 Å². The third-order valence-corrected chi connectivity index (χ3v) is 3.68. The first kappa shape index (κ1) is 16.5. The van der Waals surface area contributed by atoms with Gasteiger partial charge in [-0.3, -0.25) is 10.1 Å². The van der Waals surface area contributed by atoms with Crippen molar-refractivity contribution in [2.45, 2.75) is 11.8 Å². The van der Waals surface area contributed by atoms with Crippen LogP contribution in [0.1, 0.15) is 6.92 Å². The summed E-state index contributed by atoms with van der Waals surface area (Å²) in [5, 5.41) is 10.5. The van der Waals surface area contributed by atoms with Crippen LogP contribution >= 0.6 is 0 Å². The molecule has 9 heteroatoms. The molecule has 0 saturated carbocycles. The van der Waals surface area contributed by atoms with Crippen LogP contribution in [0.15, 0.2) is 29.2 Å². The summed E-state index contributed by atoms with van der Waals surface area (Å²) >= 11 is 0. The van der Waals surface area contributed by atoms with Crippen LogP contribution in [0.5, 0.6) is 0 Å². The highest BCUT2D eigenvalue weighted by Crippen LogP contribution is 2.15. The summed E-state index contributed by atoms with van der Waals surface area (Å²) < 4.78 is 35.9. The zero-order chi connectivity index (χ0) is 15.0. The zero-order valence-electron chi connectivity index (χ0n) is 10.9. The lowest BCUT2D eigenvalue weighted by atomic mass is 10.3. The minimum atomic E-state index is -3.73. The van der Waals surface area contributed by atoms with Gasteiger partial charge in [-0.15, -0.1) is 0 Å². The molecule has 20 heavy (non-hydrogen) atoms. The van der Waals surface area contributed by atoms with Gasteiger partial charge in [0.15, 0.2) is 0 Å². The topological polar surface area (TPSA) is 108 Å². The van der Waals surface area contributed by atoms with Gasteiger partial charge in [0, 0.05) is 18.7 Å². The van der Waals surface area contributed by atoms with E-state index in [0.29, 0.717) is 13.2 Å². The van der Waals surface area contributed by atoms with E-state index >= 15 is 0 Å². The van der Waals surface area contributed by atoms with Crippen molar-refractivity contribution in [2.75, 3.05) is 26.6 Å². The number of rotatable bonds is 9. The molecule has 0 unspecified atom stereocenters. The number of nitro benzene ring substituents is 1. The Morgan fingerprint density at radius 3 is 2.35 bits per heavy atom. The van der Waals surface area contributed by atoms with Gasteiger partial charge in [-0.05, 0) is 19.1 Å². The van der Waals surface area contributed by atoms with E-state index in [4.69, 9.17) is 9.47 Å². The lowest BCUT2D eigenvalue weighted by Crippen LogP contribution is -2.27. The fourth-order valence-corrected chi connectivity index (χ4v) is 2.18. The summed E-state index contributed by atoms with van der Waals surface area (Å²) in [5.41, 5.74) is -0.170. The molecule has 0 aromatic heterocycles. The average Bonchev–Trinajstić information content (AvgIpc) is 2.43. The van der Waals surface area contributed by atoms with Crippen LogP contribution in [0.25, 0.3) is 0 Å². The Morgan fingerprint density at radius 2 is 1.80 bits per heavy atom. The average molecular weight is 304 g/mol. The van der Waals surface area contributed by atoms with E-state index in [1.54, 1.807) is 0 Å². The van der Waals surface area contributed by atoms with Gasteiger partial charge in [-0.2, -0.15) is 4.72 Å². The maximum Gasteiger partial charge on any atom is 0.269 e. The third kappa shape index (κ3) is 5.21. The smallest absolute Gasteiger partial charge is 0.269 e. The summed E-state index contributed by atoms with van der Waals surface area (Å²) in [6.07, 6.45) is 0. The van der Waals surface area contributed by atoms with E-state index < -0.39 is 14.9 Å². The van der Waals surface area contributed by atoms with Gasteiger partial charge in [-0.25, -0.2) is 8.42 Å². The molecule has 0 atom stereocenters. The second kappa shape index (κ2) is 7.90. The first-order chi connectivity index (χ1) is 9.47. The minimum absolute atomic E-state index is 0.0588. The Morgan fingerprint density at radius 1 is 1.20 bits per heavy atom. The van der Waals surface area contributed by atoms with E-state index in [-0.39, 0.29) is 23.9 Å². The zero-order valence-corrected chi connectivity index (χ0v) is 11.8. The number of hydrogen-bond donors (Lipinski definition) is 1. The number of ether oxygens (including phenoxy) is 2. The van der Waals surface area contributed by atoms with Crippen molar-refractivity contribution in [3.8, 4) is 0 Å². The first-order valence-corrected chi connectivity index (χ1v) is 7.35. The second-order valence-corrected chi connectivity index (χ2v) is 5.42. The highest BCUT2D eigenvalue weighted by Gasteiger charge is 2.15. The largest absolute Gasteiger partial charge is 0.379 e. The predicted molar refractivity (Wildman–Crippen MR) is 70.7 cm³/mol. The molecule has 1 aromatic carbocycles. The van der Waals surface area contributed by atoms with Crippen LogP contribution in [0, 0.1) is 10.1 Å². The number of nitrogens with one attached hydrogen (secondary N) is 1. The third-order valence-electron chi connectivity index (χ3n) is 2.28. The number of hydrogen-bond acceptors (Lipinski definition) is 6. The highest BCUT2D eigenvalue weighted by molar-refractivity contribution is 7.89. The molecule has 1 N–H and O–H groups in total. The molecule has 0 aliphatic rings. The van der Waals surface area contributed by atoms with E-state index in [2.05, 4.69) is 4.72 Å². The van der Waals surface area contributed by atoms with Crippen molar-refractivity contribution in [3.63, 3.8) is 0 Å². The summed E-state index contributed by atoms with van der Waals surface area (Å²) in [6.45, 7) is 2.88. The fraction of sp³-hybridized carbons (Fsp3) is 0.455. The van der Waals surface area contributed by atoms with Crippen LogP contribution in [-0.2, 0) is 19.5 Å². The number of sulfonamides is 1. The maximum atomic E-state index is 11.8. The highest BCUT2D eigenvalue weighted by atomic mass is 32.2. The predicted octanol–water partition coefficient (Wildman–Crippen LogP) is 0.884. The number of non-ortho nitro benzene ring substituents is 1. The Hall–Kier alpha value is -1.55. The normalized spacial score (nSPS) is 11.4. The van der Waals surface area contributed by atoms with Crippen molar-refractivity contribution in [3.05, 3.63) is 34.4 Å². The summed E-state index contributed by atoms with van der Waals surface area (Å²) in [6, 6.07) is 4.59. The molecule has 0 spiro atoms. The molecule has 0 radical (unpaired) electrons. The molecule has 0 fully saturated rings. The van der Waals surface area contributed by atoms with Crippen molar-refractivity contribution in [1.29, 1.82) is 0 Å². The molecule has 1 aromatic rings. The van der Waals surface area contributed by atoms with Gasteiger partial charge in [0.05, 0.1) is 23.0 Å². The first-order valence-electron chi connectivity index (χ1n) is 5.87. The van der Waals surface area contributed by atoms with Crippen molar-refractivity contribution in [2.24, 2.45) is 0 Å². The van der Waals surface area contributed by atoms with E-state index in [1.165, 1.54) is 12.1 Å². The van der Waals surface area contributed by atoms with E-state index in [1.807, 2.05) is 6.92 Å². The van der Waals surface area contributed by atoms with Gasteiger partial charge in [0.2, 0.25) is 10.0 Å². The quantitative estimate of drug-likeness (QED) is 0.314. The number of nitrogens with zero attached hydrogens (tertiary/aromatic N) is 1. The molecule has 0 bridgehead atoms. The van der Waals surface area contributed by atoms with Crippen LogP contribution in [0.2, 0.25) is 0 Å². The Bertz CT molecular complexity index is 528. The van der Waals surface area contributed by atoms with Gasteiger partial charge in [0.1, 0.15) is 6.73 Å². The van der Waals surface area contributed by atoms with Crippen LogP contribution < -0.4 is 4.72 Å². The van der Waals surface area contributed by atoms with Gasteiger partial charge < -0.3 is 9.47 Å². The van der Waals surface area contributed by atoms with Crippen LogP contribution in [0.3, 0.4) is 0 Å².